The van der Waals surface area contributed by atoms with Crippen LogP contribution in [0.1, 0.15) is 18.2 Å². The molecule has 1 heterocycles. The van der Waals surface area contributed by atoms with E-state index < -0.39 is 0 Å². The molecule has 3 N–H and O–H groups in total. The number of amidine groups is 1. The Morgan fingerprint density at radius 3 is 2.58 bits per heavy atom. The second-order valence-electron chi connectivity index (χ2n) is 2.32. The van der Waals surface area contributed by atoms with Crippen LogP contribution in [0.25, 0.3) is 0 Å². The van der Waals surface area contributed by atoms with Gasteiger partial charge in [-0.1, -0.05) is 13.0 Å². The third-order valence-electron chi connectivity index (χ3n) is 1.51. The summed E-state index contributed by atoms with van der Waals surface area (Å²) in [7, 11) is 0. The summed E-state index contributed by atoms with van der Waals surface area (Å²) in [6, 6.07) is 3.70. The molecule has 0 atom stereocenters. The first-order chi connectivity index (χ1) is 5.24. The lowest BCUT2D eigenvalue weighted by molar-refractivity contribution is 1.09. The number of nitrogen functional groups attached to an aromatic ring is 1. The maximum Gasteiger partial charge on any atom is 0.141 e. The van der Waals surface area contributed by atoms with E-state index in [1.54, 1.807) is 12.3 Å². The van der Waals surface area contributed by atoms with E-state index in [1.807, 2.05) is 6.07 Å². The summed E-state index contributed by atoms with van der Waals surface area (Å²) in [6.45, 7) is 2.06. The van der Waals surface area contributed by atoms with Gasteiger partial charge < -0.3 is 5.73 Å². The van der Waals surface area contributed by atoms with Crippen LogP contribution in [0.15, 0.2) is 18.3 Å². The van der Waals surface area contributed by atoms with Crippen LogP contribution in [-0.4, -0.2) is 10.8 Å². The van der Waals surface area contributed by atoms with Gasteiger partial charge >= 0.3 is 0 Å². The Hall–Kier alpha value is -1.09. The fraction of sp³-hybridized carbons (Fsp3) is 0.250. The lowest BCUT2D eigenvalue weighted by Gasteiger charge is -1.97. The van der Waals surface area contributed by atoms with Crippen molar-refractivity contribution in [3.05, 3.63) is 29.6 Å². The van der Waals surface area contributed by atoms with Gasteiger partial charge in [-0.2, -0.15) is 0 Å². The van der Waals surface area contributed by atoms with E-state index >= 15 is 0 Å². The molecule has 0 bridgehead atoms. The molecule has 4 heteroatoms. The van der Waals surface area contributed by atoms with Crippen LogP contribution in [0.5, 0.6) is 0 Å². The highest BCUT2D eigenvalue weighted by atomic mass is 35.5. The van der Waals surface area contributed by atoms with Crippen molar-refractivity contribution in [1.29, 1.82) is 5.41 Å². The van der Waals surface area contributed by atoms with E-state index in [9.17, 15) is 0 Å². The number of rotatable bonds is 2. The number of pyridine rings is 1. The monoisotopic (exact) mass is 185 g/mol. The predicted molar refractivity (Wildman–Crippen MR) is 51.9 cm³/mol. The highest BCUT2D eigenvalue weighted by Gasteiger charge is 1.95. The molecule has 1 rings (SSSR count). The summed E-state index contributed by atoms with van der Waals surface area (Å²) < 4.78 is 0. The second kappa shape index (κ2) is 4.72. The fourth-order valence-corrected chi connectivity index (χ4v) is 0.793. The molecule has 0 unspecified atom stereocenters. The van der Waals surface area contributed by atoms with Crippen LogP contribution in [0, 0.1) is 5.41 Å². The van der Waals surface area contributed by atoms with Crippen molar-refractivity contribution < 1.29 is 0 Å². The number of aryl methyl sites for hydroxylation is 1. The number of nitrogens with two attached hydrogens (primary N) is 1. The van der Waals surface area contributed by atoms with Crippen molar-refractivity contribution in [1.82, 2.24) is 4.98 Å². The van der Waals surface area contributed by atoms with Crippen LogP contribution < -0.4 is 5.73 Å². The Balaban J connectivity index is 0.00000121. The van der Waals surface area contributed by atoms with Crippen LogP contribution >= 0.6 is 12.4 Å². The van der Waals surface area contributed by atoms with Crippen molar-refractivity contribution in [2.24, 2.45) is 5.73 Å². The lowest BCUT2D eigenvalue weighted by atomic mass is 10.2. The zero-order valence-electron chi connectivity index (χ0n) is 6.87. The van der Waals surface area contributed by atoms with E-state index in [0.29, 0.717) is 5.69 Å². The van der Waals surface area contributed by atoms with Crippen molar-refractivity contribution in [3.8, 4) is 0 Å². The minimum atomic E-state index is 0. The molecule has 12 heavy (non-hydrogen) atoms. The van der Waals surface area contributed by atoms with Crippen LogP contribution in [-0.2, 0) is 6.42 Å². The molecule has 1 aromatic heterocycles. The van der Waals surface area contributed by atoms with Crippen molar-refractivity contribution >= 4 is 18.2 Å². The van der Waals surface area contributed by atoms with E-state index in [4.69, 9.17) is 11.1 Å². The van der Waals surface area contributed by atoms with Crippen molar-refractivity contribution in [2.45, 2.75) is 13.3 Å². The molecule has 0 aromatic carbocycles. The Kier molecular flexibility index (Phi) is 4.29. The first kappa shape index (κ1) is 10.9. The standard InChI is InChI=1S/C8H11N3.ClH/c1-2-6-3-4-7(8(9)10)11-5-6;/h3-5H,2H2,1H3,(H3,9,10);1H. The molecule has 3 nitrogen and oxygen atoms in total. The summed E-state index contributed by atoms with van der Waals surface area (Å²) in [5.74, 6) is 0.0210. The molecule has 0 spiro atoms. The summed E-state index contributed by atoms with van der Waals surface area (Å²) in [5, 5.41) is 7.08. The summed E-state index contributed by atoms with van der Waals surface area (Å²) in [5.41, 5.74) is 6.93. The SMILES string of the molecule is CCc1ccc(C(=N)N)nc1.Cl. The first-order valence-electron chi connectivity index (χ1n) is 3.53. The van der Waals surface area contributed by atoms with Crippen LogP contribution in [0.3, 0.4) is 0 Å². The summed E-state index contributed by atoms with van der Waals surface area (Å²) in [6.07, 6.45) is 2.71. The van der Waals surface area contributed by atoms with E-state index in [2.05, 4.69) is 11.9 Å². The highest BCUT2D eigenvalue weighted by molar-refractivity contribution is 5.92. The average Bonchev–Trinajstić information content (AvgIpc) is 2.05. The normalized spacial score (nSPS) is 8.75. The molecule has 0 amide bonds. The Labute approximate surface area is 77.9 Å². The van der Waals surface area contributed by atoms with Gasteiger partial charge in [0.15, 0.2) is 0 Å². The largest absolute Gasteiger partial charge is 0.382 e. The first-order valence-corrected chi connectivity index (χ1v) is 3.53. The number of halogens is 1. The summed E-state index contributed by atoms with van der Waals surface area (Å²) in [4.78, 5) is 4.00. The van der Waals surface area contributed by atoms with Gasteiger partial charge in [-0.3, -0.25) is 10.4 Å². The topological polar surface area (TPSA) is 62.8 Å². The van der Waals surface area contributed by atoms with E-state index in [0.717, 1.165) is 12.0 Å². The van der Waals surface area contributed by atoms with Gasteiger partial charge in [-0.25, -0.2) is 0 Å². The molecule has 0 aliphatic carbocycles. The molecular formula is C8H12ClN3. The average molecular weight is 186 g/mol. The van der Waals surface area contributed by atoms with Crippen LogP contribution in [0.2, 0.25) is 0 Å². The summed E-state index contributed by atoms with van der Waals surface area (Å²) >= 11 is 0. The zero-order valence-corrected chi connectivity index (χ0v) is 7.69. The maximum atomic E-state index is 7.08. The molecule has 0 saturated carbocycles. The quantitative estimate of drug-likeness (QED) is 0.540. The van der Waals surface area contributed by atoms with E-state index in [1.165, 1.54) is 0 Å². The minimum Gasteiger partial charge on any atom is -0.382 e. The number of nitrogens with one attached hydrogen (secondary N) is 1. The number of nitrogens with zero attached hydrogens (tertiary/aromatic N) is 1. The van der Waals surface area contributed by atoms with Gasteiger partial charge in [0.1, 0.15) is 11.5 Å². The van der Waals surface area contributed by atoms with Gasteiger partial charge in [-0.05, 0) is 18.1 Å². The third-order valence-corrected chi connectivity index (χ3v) is 1.51. The molecule has 0 aliphatic heterocycles. The van der Waals surface area contributed by atoms with E-state index in [-0.39, 0.29) is 18.2 Å². The number of hydrogen-bond donors (Lipinski definition) is 2. The Bertz CT molecular complexity index is 256. The van der Waals surface area contributed by atoms with Crippen LogP contribution in [0.4, 0.5) is 0 Å². The number of aromatic nitrogens is 1. The van der Waals surface area contributed by atoms with Gasteiger partial charge in [-0.15, -0.1) is 12.4 Å². The molecule has 1 aromatic rings. The smallest absolute Gasteiger partial charge is 0.141 e. The molecule has 0 saturated heterocycles. The van der Waals surface area contributed by atoms with Crippen molar-refractivity contribution in [2.75, 3.05) is 0 Å². The zero-order chi connectivity index (χ0) is 8.27. The van der Waals surface area contributed by atoms with Gasteiger partial charge in [0.25, 0.3) is 0 Å². The molecule has 66 valence electrons. The predicted octanol–water partition coefficient (Wildman–Crippen LogP) is 1.35. The molecule has 0 fully saturated rings. The minimum absolute atomic E-state index is 0. The van der Waals surface area contributed by atoms with Gasteiger partial charge in [0.2, 0.25) is 0 Å². The molecular weight excluding hydrogens is 174 g/mol. The molecule has 0 radical (unpaired) electrons. The molecule has 0 aliphatic rings. The fourth-order valence-electron chi connectivity index (χ4n) is 0.793. The highest BCUT2D eigenvalue weighted by Crippen LogP contribution is 1.99. The maximum absolute atomic E-state index is 7.08. The Morgan fingerprint density at radius 1 is 1.58 bits per heavy atom. The second-order valence-corrected chi connectivity index (χ2v) is 2.32. The van der Waals surface area contributed by atoms with Crippen molar-refractivity contribution in [3.63, 3.8) is 0 Å². The van der Waals surface area contributed by atoms with Gasteiger partial charge in [0, 0.05) is 6.20 Å². The number of hydrogen-bond acceptors (Lipinski definition) is 2. The third kappa shape index (κ3) is 2.51. The lowest BCUT2D eigenvalue weighted by Crippen LogP contribution is -2.12. The van der Waals surface area contributed by atoms with Gasteiger partial charge in [0.05, 0.1) is 0 Å². The Morgan fingerprint density at radius 2 is 2.25 bits per heavy atom.